The van der Waals surface area contributed by atoms with E-state index in [1.165, 1.54) is 0 Å². The van der Waals surface area contributed by atoms with Crippen LogP contribution in [0.15, 0.2) is 0 Å². The first-order chi connectivity index (χ1) is 5.36. The molecule has 1 heterocycles. The first-order valence-corrected chi connectivity index (χ1v) is 3.69. The van der Waals surface area contributed by atoms with E-state index in [9.17, 15) is 0 Å². The Hall–Kier alpha value is -0.160. The lowest BCUT2D eigenvalue weighted by Gasteiger charge is -2.11. The second-order valence-corrected chi connectivity index (χ2v) is 2.53. The van der Waals surface area contributed by atoms with Gasteiger partial charge in [-0.15, -0.1) is 0 Å². The lowest BCUT2D eigenvalue weighted by Crippen LogP contribution is -2.23. The van der Waals surface area contributed by atoms with E-state index in [-0.39, 0.29) is 18.8 Å². The summed E-state index contributed by atoms with van der Waals surface area (Å²) in [7, 11) is 1.55. The summed E-state index contributed by atoms with van der Waals surface area (Å²) < 4.78 is 15.0. The summed E-state index contributed by atoms with van der Waals surface area (Å²) in [5, 5.41) is 8.67. The van der Waals surface area contributed by atoms with Gasteiger partial charge in [-0.1, -0.05) is 0 Å². The fraction of sp³-hybridized carbons (Fsp3) is 1.00. The molecule has 1 saturated heterocycles. The van der Waals surface area contributed by atoms with Gasteiger partial charge in [-0.3, -0.25) is 0 Å². The van der Waals surface area contributed by atoms with Crippen LogP contribution in [0.5, 0.6) is 0 Å². The average Bonchev–Trinajstić information content (AvgIpc) is 2.82. The summed E-state index contributed by atoms with van der Waals surface area (Å²) in [6.07, 6.45) is 0.0833. The van der Waals surface area contributed by atoms with Crippen LogP contribution in [0.4, 0.5) is 0 Å². The Balaban J connectivity index is 1.90. The summed E-state index contributed by atoms with van der Waals surface area (Å²) in [6.45, 7) is 1.85. The van der Waals surface area contributed by atoms with Crippen molar-refractivity contribution in [3.8, 4) is 0 Å². The molecule has 0 aromatic heterocycles. The Morgan fingerprint density at radius 3 is 2.91 bits per heavy atom. The predicted molar refractivity (Wildman–Crippen MR) is 38.4 cm³/mol. The van der Waals surface area contributed by atoms with Crippen molar-refractivity contribution in [3.63, 3.8) is 0 Å². The molecule has 0 spiro atoms. The SMILES string of the molecule is COC(CO)COCC1CO1. The molecule has 0 bridgehead atoms. The van der Waals surface area contributed by atoms with Gasteiger partial charge in [-0.05, 0) is 0 Å². The van der Waals surface area contributed by atoms with Crippen LogP contribution in [-0.4, -0.2) is 50.9 Å². The van der Waals surface area contributed by atoms with E-state index < -0.39 is 0 Å². The van der Waals surface area contributed by atoms with Crippen molar-refractivity contribution in [1.29, 1.82) is 0 Å². The van der Waals surface area contributed by atoms with E-state index in [0.29, 0.717) is 13.2 Å². The summed E-state index contributed by atoms with van der Waals surface area (Å²) in [5.74, 6) is 0. The van der Waals surface area contributed by atoms with Crippen LogP contribution in [0, 0.1) is 0 Å². The van der Waals surface area contributed by atoms with Crippen LogP contribution in [-0.2, 0) is 14.2 Å². The van der Waals surface area contributed by atoms with Crippen molar-refractivity contribution in [2.24, 2.45) is 0 Å². The lowest BCUT2D eigenvalue weighted by atomic mass is 10.4. The minimum atomic E-state index is -0.200. The first-order valence-electron chi connectivity index (χ1n) is 3.69. The van der Waals surface area contributed by atoms with E-state index >= 15 is 0 Å². The Labute approximate surface area is 66.1 Å². The van der Waals surface area contributed by atoms with Crippen molar-refractivity contribution < 1.29 is 19.3 Å². The number of hydrogen-bond donors (Lipinski definition) is 1. The average molecular weight is 162 g/mol. The minimum Gasteiger partial charge on any atom is -0.394 e. The molecule has 1 aliphatic rings. The highest BCUT2D eigenvalue weighted by atomic mass is 16.6. The van der Waals surface area contributed by atoms with Crippen molar-refractivity contribution >= 4 is 0 Å². The van der Waals surface area contributed by atoms with Crippen LogP contribution >= 0.6 is 0 Å². The van der Waals surface area contributed by atoms with E-state index in [2.05, 4.69) is 0 Å². The molecular weight excluding hydrogens is 148 g/mol. The second-order valence-electron chi connectivity index (χ2n) is 2.53. The van der Waals surface area contributed by atoms with Crippen molar-refractivity contribution in [1.82, 2.24) is 0 Å². The normalized spacial score (nSPS) is 25.1. The van der Waals surface area contributed by atoms with Gasteiger partial charge in [-0.2, -0.15) is 0 Å². The Morgan fingerprint density at radius 2 is 2.45 bits per heavy atom. The molecule has 1 fully saturated rings. The van der Waals surface area contributed by atoms with Gasteiger partial charge in [0.15, 0.2) is 0 Å². The van der Waals surface area contributed by atoms with Gasteiger partial charge in [0, 0.05) is 7.11 Å². The van der Waals surface area contributed by atoms with Gasteiger partial charge in [0.25, 0.3) is 0 Å². The summed E-state index contributed by atoms with van der Waals surface area (Å²) in [4.78, 5) is 0. The summed E-state index contributed by atoms with van der Waals surface area (Å²) in [6, 6.07) is 0. The molecule has 66 valence electrons. The van der Waals surface area contributed by atoms with E-state index in [4.69, 9.17) is 19.3 Å². The molecule has 1 N–H and O–H groups in total. The Bertz CT molecular complexity index is 98.6. The quantitative estimate of drug-likeness (QED) is 0.530. The third-order valence-corrected chi connectivity index (χ3v) is 1.55. The zero-order valence-corrected chi connectivity index (χ0v) is 6.66. The standard InChI is InChI=1S/C7H14O4/c1-9-6(2-8)3-10-4-7-5-11-7/h6-8H,2-5H2,1H3. The van der Waals surface area contributed by atoms with Gasteiger partial charge in [0.05, 0.1) is 26.4 Å². The highest BCUT2D eigenvalue weighted by molar-refractivity contribution is 4.67. The molecule has 0 radical (unpaired) electrons. The van der Waals surface area contributed by atoms with E-state index in [0.717, 1.165) is 6.61 Å². The molecule has 0 aromatic carbocycles. The molecule has 2 atom stereocenters. The number of rotatable bonds is 6. The van der Waals surface area contributed by atoms with Crippen molar-refractivity contribution in [2.75, 3.05) is 33.5 Å². The predicted octanol–water partition coefficient (Wildman–Crippen LogP) is -0.591. The van der Waals surface area contributed by atoms with Gasteiger partial charge in [0.1, 0.15) is 12.2 Å². The Kier molecular flexibility index (Phi) is 3.79. The second kappa shape index (κ2) is 4.66. The van der Waals surface area contributed by atoms with Crippen LogP contribution in [0.3, 0.4) is 0 Å². The van der Waals surface area contributed by atoms with Crippen LogP contribution < -0.4 is 0 Å². The molecule has 11 heavy (non-hydrogen) atoms. The maximum atomic E-state index is 8.67. The largest absolute Gasteiger partial charge is 0.394 e. The zero-order valence-electron chi connectivity index (χ0n) is 6.66. The van der Waals surface area contributed by atoms with Gasteiger partial charge < -0.3 is 19.3 Å². The van der Waals surface area contributed by atoms with Crippen molar-refractivity contribution in [3.05, 3.63) is 0 Å². The summed E-state index contributed by atoms with van der Waals surface area (Å²) >= 11 is 0. The van der Waals surface area contributed by atoms with Crippen molar-refractivity contribution in [2.45, 2.75) is 12.2 Å². The molecule has 0 saturated carbocycles. The molecule has 1 rings (SSSR count). The first kappa shape index (κ1) is 8.93. The minimum absolute atomic E-state index is 0.00201. The molecule has 0 aromatic rings. The molecule has 4 heteroatoms. The topological polar surface area (TPSA) is 51.2 Å². The molecule has 0 amide bonds. The maximum absolute atomic E-state index is 8.67. The van der Waals surface area contributed by atoms with E-state index in [1.54, 1.807) is 7.11 Å². The number of epoxide rings is 1. The zero-order chi connectivity index (χ0) is 8.10. The van der Waals surface area contributed by atoms with Gasteiger partial charge in [-0.25, -0.2) is 0 Å². The summed E-state index contributed by atoms with van der Waals surface area (Å²) in [5.41, 5.74) is 0. The number of methoxy groups -OCH3 is 1. The lowest BCUT2D eigenvalue weighted by molar-refractivity contribution is -0.0227. The van der Waals surface area contributed by atoms with E-state index in [1.807, 2.05) is 0 Å². The fourth-order valence-corrected chi connectivity index (χ4v) is 0.690. The third kappa shape index (κ3) is 3.67. The molecule has 2 unspecified atom stereocenters. The molecule has 0 aliphatic carbocycles. The Morgan fingerprint density at radius 1 is 1.73 bits per heavy atom. The van der Waals surface area contributed by atoms with Crippen LogP contribution in [0.2, 0.25) is 0 Å². The molecule has 4 nitrogen and oxygen atoms in total. The van der Waals surface area contributed by atoms with Gasteiger partial charge in [0.2, 0.25) is 0 Å². The molecule has 1 aliphatic heterocycles. The van der Waals surface area contributed by atoms with Gasteiger partial charge >= 0.3 is 0 Å². The highest BCUT2D eigenvalue weighted by Crippen LogP contribution is 2.08. The number of aliphatic hydroxyl groups is 1. The number of aliphatic hydroxyl groups excluding tert-OH is 1. The number of ether oxygens (including phenoxy) is 3. The third-order valence-electron chi connectivity index (χ3n) is 1.55. The van der Waals surface area contributed by atoms with Crippen LogP contribution in [0.1, 0.15) is 0 Å². The van der Waals surface area contributed by atoms with Crippen LogP contribution in [0.25, 0.3) is 0 Å². The maximum Gasteiger partial charge on any atom is 0.104 e. The fourth-order valence-electron chi connectivity index (χ4n) is 0.690. The smallest absolute Gasteiger partial charge is 0.104 e. The highest BCUT2D eigenvalue weighted by Gasteiger charge is 2.22. The molecular formula is C7H14O4. The monoisotopic (exact) mass is 162 g/mol. The number of hydrogen-bond acceptors (Lipinski definition) is 4.